The van der Waals surface area contributed by atoms with Gasteiger partial charge in [-0.25, -0.2) is 14.8 Å². The van der Waals surface area contributed by atoms with Gasteiger partial charge in [0, 0.05) is 32.2 Å². The molecule has 2 aromatic rings. The number of piperazine rings is 1. The monoisotopic (exact) mass is 599 g/mol. The van der Waals surface area contributed by atoms with Gasteiger partial charge in [-0.05, 0) is 47.1 Å². The Balaban J connectivity index is 1.81. The van der Waals surface area contributed by atoms with Gasteiger partial charge in [-0.3, -0.25) is 14.4 Å². The number of rotatable bonds is 11. The van der Waals surface area contributed by atoms with Crippen molar-refractivity contribution in [1.29, 1.82) is 0 Å². The molecular weight excluding hydrogens is 558 g/mol. The number of methoxy groups -OCH3 is 1. The van der Waals surface area contributed by atoms with E-state index in [0.717, 1.165) is 0 Å². The minimum atomic E-state index is -1.05. The highest BCUT2D eigenvalue weighted by molar-refractivity contribution is 5.96. The lowest BCUT2D eigenvalue weighted by Gasteiger charge is -2.35. The lowest BCUT2D eigenvalue weighted by atomic mass is 10.1. The van der Waals surface area contributed by atoms with Crippen LogP contribution in [0.1, 0.15) is 69.7 Å². The Bertz CT molecular complexity index is 1260. The number of aromatic nitrogens is 2. The van der Waals surface area contributed by atoms with E-state index in [1.807, 2.05) is 30.3 Å². The molecule has 1 aliphatic heterocycles. The summed E-state index contributed by atoms with van der Waals surface area (Å²) < 4.78 is 15.7. The van der Waals surface area contributed by atoms with E-state index in [1.54, 1.807) is 39.5 Å². The van der Waals surface area contributed by atoms with Crippen molar-refractivity contribution in [3.63, 3.8) is 0 Å². The molecular formula is C30H41N5O8. The molecule has 1 aliphatic rings. The average molecular weight is 600 g/mol. The van der Waals surface area contributed by atoms with Crippen LogP contribution in [0, 0.1) is 0 Å². The van der Waals surface area contributed by atoms with E-state index < -0.39 is 35.8 Å². The Labute approximate surface area is 251 Å². The van der Waals surface area contributed by atoms with E-state index in [-0.39, 0.29) is 57.2 Å². The summed E-state index contributed by atoms with van der Waals surface area (Å²) in [6.07, 6.45) is -1.32. The van der Waals surface area contributed by atoms with Crippen molar-refractivity contribution in [1.82, 2.24) is 25.2 Å². The van der Waals surface area contributed by atoms with Crippen LogP contribution in [0.25, 0.3) is 11.4 Å². The molecule has 1 N–H and O–H groups in total. The Morgan fingerprint density at radius 2 is 1.70 bits per heavy atom. The molecule has 1 fully saturated rings. The van der Waals surface area contributed by atoms with Gasteiger partial charge in [0.05, 0.1) is 31.5 Å². The van der Waals surface area contributed by atoms with Crippen molar-refractivity contribution in [2.45, 2.75) is 65.2 Å². The van der Waals surface area contributed by atoms with E-state index in [4.69, 9.17) is 19.0 Å². The third-order valence-corrected chi connectivity index (χ3v) is 6.46. The van der Waals surface area contributed by atoms with Gasteiger partial charge in [0.25, 0.3) is 5.91 Å². The fourth-order valence-electron chi connectivity index (χ4n) is 4.24. The Morgan fingerprint density at radius 1 is 1.02 bits per heavy atom. The zero-order valence-electron chi connectivity index (χ0n) is 25.6. The molecule has 0 bridgehead atoms. The maximum absolute atomic E-state index is 13.7. The van der Waals surface area contributed by atoms with Crippen molar-refractivity contribution in [3.8, 4) is 11.4 Å². The number of carbonyl (C=O) groups excluding carboxylic acids is 4. The molecule has 13 heteroatoms. The number of hydroxylamine groups is 2. The molecule has 1 aromatic carbocycles. The minimum Gasteiger partial charge on any atom is -0.460 e. The lowest BCUT2D eigenvalue weighted by Crippen LogP contribution is -2.55. The van der Waals surface area contributed by atoms with Crippen molar-refractivity contribution in [2.24, 2.45) is 0 Å². The molecule has 1 saturated heterocycles. The third kappa shape index (κ3) is 10.3. The molecule has 0 aliphatic carbocycles. The predicted octanol–water partition coefficient (Wildman–Crippen LogP) is 3.30. The molecule has 2 heterocycles. The van der Waals surface area contributed by atoms with E-state index in [2.05, 4.69) is 15.3 Å². The summed E-state index contributed by atoms with van der Waals surface area (Å²) in [4.78, 5) is 67.2. The first kappa shape index (κ1) is 33.4. The second kappa shape index (κ2) is 15.4. The standard InChI is InChI=1S/C30H41N5O8/c1-7-41-29(39)43-35-17-15-34(16-18-35)28(38)22(13-14-25(36)42-30(3,4)5)33-27(37)24-19-23(20(2)40-6)31-26(32-24)21-11-9-8-10-12-21/h8-12,19-20,22H,7,13-18H2,1-6H3,(H,33,37)/t20-,22?/m0/s1. The highest BCUT2D eigenvalue weighted by atomic mass is 16.8. The first-order valence-electron chi connectivity index (χ1n) is 14.3. The van der Waals surface area contributed by atoms with E-state index in [0.29, 0.717) is 17.1 Å². The molecule has 1 unspecified atom stereocenters. The summed E-state index contributed by atoms with van der Waals surface area (Å²) in [6.45, 7) is 9.90. The largest absolute Gasteiger partial charge is 0.527 e. The predicted molar refractivity (Wildman–Crippen MR) is 155 cm³/mol. The first-order chi connectivity index (χ1) is 20.4. The van der Waals surface area contributed by atoms with Crippen LogP contribution in [-0.4, -0.2) is 95.4 Å². The average Bonchev–Trinajstić information content (AvgIpc) is 2.98. The van der Waals surface area contributed by atoms with Crippen LogP contribution in [0.3, 0.4) is 0 Å². The van der Waals surface area contributed by atoms with Gasteiger partial charge in [-0.1, -0.05) is 30.3 Å². The van der Waals surface area contributed by atoms with Gasteiger partial charge in [0.1, 0.15) is 17.3 Å². The molecule has 0 saturated carbocycles. The van der Waals surface area contributed by atoms with Crippen molar-refractivity contribution in [3.05, 3.63) is 47.8 Å². The third-order valence-electron chi connectivity index (χ3n) is 6.46. The number of nitrogens with one attached hydrogen (secondary N) is 1. The topological polar surface area (TPSA) is 149 Å². The number of amides is 2. The van der Waals surface area contributed by atoms with Crippen molar-refractivity contribution in [2.75, 3.05) is 39.9 Å². The number of benzene rings is 1. The first-order valence-corrected chi connectivity index (χ1v) is 14.3. The molecule has 0 radical (unpaired) electrons. The zero-order chi connectivity index (χ0) is 31.6. The molecule has 0 spiro atoms. The quantitative estimate of drug-likeness (QED) is 0.379. The van der Waals surface area contributed by atoms with Gasteiger partial charge in [-0.15, -0.1) is 5.06 Å². The number of hydrogen-bond acceptors (Lipinski definition) is 11. The van der Waals surface area contributed by atoms with E-state index in [9.17, 15) is 19.2 Å². The number of carbonyl (C=O) groups is 4. The van der Waals surface area contributed by atoms with Crippen molar-refractivity contribution < 1.29 is 38.2 Å². The highest BCUT2D eigenvalue weighted by Crippen LogP contribution is 2.21. The molecule has 1 aromatic heterocycles. The summed E-state index contributed by atoms with van der Waals surface area (Å²) in [6, 6.07) is 9.68. The zero-order valence-corrected chi connectivity index (χ0v) is 25.6. The van der Waals surface area contributed by atoms with E-state index >= 15 is 0 Å². The van der Waals surface area contributed by atoms with Gasteiger partial charge in [-0.2, -0.15) is 0 Å². The summed E-state index contributed by atoms with van der Waals surface area (Å²) in [5.41, 5.74) is 0.562. The van der Waals surface area contributed by atoms with Crippen molar-refractivity contribution >= 4 is 23.9 Å². The molecule has 13 nitrogen and oxygen atoms in total. The SMILES string of the molecule is CCOC(=O)ON1CCN(C(=O)C(CCC(=O)OC(C)(C)C)NC(=O)c2cc([C@H](C)OC)nc(-c3ccccc3)n2)CC1. The normalized spacial score (nSPS) is 15.3. The van der Waals surface area contributed by atoms with Crippen LogP contribution in [0.5, 0.6) is 0 Å². The van der Waals surface area contributed by atoms with Gasteiger partial charge >= 0.3 is 12.1 Å². The maximum atomic E-state index is 13.7. The lowest BCUT2D eigenvalue weighted by molar-refractivity contribution is -0.158. The van der Waals surface area contributed by atoms with Gasteiger partial charge in [0.15, 0.2) is 5.82 Å². The van der Waals surface area contributed by atoms with E-state index in [1.165, 1.54) is 18.2 Å². The second-order valence-corrected chi connectivity index (χ2v) is 10.9. The summed E-state index contributed by atoms with van der Waals surface area (Å²) in [5, 5.41) is 4.20. The van der Waals surface area contributed by atoms with Crippen LogP contribution < -0.4 is 5.32 Å². The molecule has 3 rings (SSSR count). The number of esters is 1. The molecule has 2 atom stereocenters. The smallest absolute Gasteiger partial charge is 0.460 e. The maximum Gasteiger partial charge on any atom is 0.527 e. The van der Waals surface area contributed by atoms with Crippen LogP contribution in [0.2, 0.25) is 0 Å². The van der Waals surface area contributed by atoms with Gasteiger partial charge in [0.2, 0.25) is 5.91 Å². The van der Waals surface area contributed by atoms with Crippen LogP contribution >= 0.6 is 0 Å². The Kier molecular flexibility index (Phi) is 12.0. The van der Waals surface area contributed by atoms with Crippen LogP contribution in [-0.2, 0) is 28.6 Å². The number of nitrogens with zero attached hydrogens (tertiary/aromatic N) is 4. The number of ether oxygens (including phenoxy) is 3. The molecule has 234 valence electrons. The van der Waals surface area contributed by atoms with Crippen LogP contribution in [0.4, 0.5) is 4.79 Å². The second-order valence-electron chi connectivity index (χ2n) is 10.9. The Morgan fingerprint density at radius 3 is 2.30 bits per heavy atom. The van der Waals surface area contributed by atoms with Crippen LogP contribution in [0.15, 0.2) is 36.4 Å². The fraction of sp³-hybridized carbons (Fsp3) is 0.533. The fourth-order valence-corrected chi connectivity index (χ4v) is 4.24. The summed E-state index contributed by atoms with van der Waals surface area (Å²) >= 11 is 0. The highest BCUT2D eigenvalue weighted by Gasteiger charge is 2.32. The minimum absolute atomic E-state index is 0.0109. The number of hydrogen-bond donors (Lipinski definition) is 1. The summed E-state index contributed by atoms with van der Waals surface area (Å²) in [7, 11) is 1.54. The molecule has 43 heavy (non-hydrogen) atoms. The molecule has 2 amide bonds. The summed E-state index contributed by atoms with van der Waals surface area (Å²) in [5.74, 6) is -1.13. The van der Waals surface area contributed by atoms with Gasteiger partial charge < -0.3 is 29.3 Å². The Hall–Kier alpha value is -4.10.